The van der Waals surface area contributed by atoms with E-state index in [0.717, 1.165) is 5.56 Å². The highest BCUT2D eigenvalue weighted by atomic mass is 32.1. The van der Waals surface area contributed by atoms with E-state index in [2.05, 4.69) is 10.3 Å². The normalized spacial score (nSPS) is 11.8. The summed E-state index contributed by atoms with van der Waals surface area (Å²) in [6, 6.07) is 9.64. The molecule has 1 N–H and O–H groups in total. The summed E-state index contributed by atoms with van der Waals surface area (Å²) in [7, 11) is 1.58. The number of methoxy groups -OCH3 is 1. The lowest BCUT2D eigenvalue weighted by atomic mass is 9.95. The molecule has 1 heterocycles. The average molecular weight is 361 g/mol. The molecule has 2 amide bonds. The number of benzene rings is 1. The van der Waals surface area contributed by atoms with E-state index in [0.29, 0.717) is 24.7 Å². The Kier molecular flexibility index (Phi) is 7.56. The predicted molar refractivity (Wildman–Crippen MR) is 98.7 cm³/mol. The Labute approximate surface area is 151 Å². The van der Waals surface area contributed by atoms with Crippen LogP contribution in [0, 0.1) is 0 Å². The standard InChI is InChI=1S/C18H23N3O3S/c1-3-15(14-7-5-4-6-8-14)17(23)21(10-11-24-2)13-16(22)20-18-19-9-12-25-18/h4-9,12,15H,3,10-11,13H2,1-2H3,(H,19,20,22). The van der Waals surface area contributed by atoms with Gasteiger partial charge in [-0.25, -0.2) is 4.98 Å². The van der Waals surface area contributed by atoms with Gasteiger partial charge in [0.15, 0.2) is 5.13 Å². The number of nitrogens with one attached hydrogen (secondary N) is 1. The summed E-state index contributed by atoms with van der Waals surface area (Å²) in [6.07, 6.45) is 2.29. The average Bonchev–Trinajstić information content (AvgIpc) is 3.13. The smallest absolute Gasteiger partial charge is 0.245 e. The van der Waals surface area contributed by atoms with Crippen molar-refractivity contribution >= 4 is 28.3 Å². The van der Waals surface area contributed by atoms with Crippen LogP contribution in [-0.4, -0.2) is 48.5 Å². The molecular weight excluding hydrogens is 338 g/mol. The van der Waals surface area contributed by atoms with Crippen molar-refractivity contribution < 1.29 is 14.3 Å². The molecule has 0 spiro atoms. The molecule has 1 aromatic carbocycles. The van der Waals surface area contributed by atoms with Gasteiger partial charge in [-0.3, -0.25) is 9.59 Å². The Morgan fingerprint density at radius 3 is 2.68 bits per heavy atom. The topological polar surface area (TPSA) is 71.5 Å². The molecule has 7 heteroatoms. The molecule has 0 aliphatic carbocycles. The highest BCUT2D eigenvalue weighted by Crippen LogP contribution is 2.22. The minimum atomic E-state index is -0.272. The fraction of sp³-hybridized carbons (Fsp3) is 0.389. The van der Waals surface area contributed by atoms with Gasteiger partial charge in [0.1, 0.15) is 6.54 Å². The van der Waals surface area contributed by atoms with Crippen molar-refractivity contribution in [2.75, 3.05) is 32.1 Å². The molecule has 0 aliphatic rings. The third kappa shape index (κ3) is 5.65. The van der Waals surface area contributed by atoms with Gasteiger partial charge in [-0.15, -0.1) is 11.3 Å². The molecule has 2 rings (SSSR count). The molecule has 0 radical (unpaired) electrons. The van der Waals surface area contributed by atoms with Gasteiger partial charge in [-0.1, -0.05) is 37.3 Å². The number of carbonyl (C=O) groups is 2. The van der Waals surface area contributed by atoms with E-state index < -0.39 is 0 Å². The molecule has 2 aromatic rings. The van der Waals surface area contributed by atoms with Crippen LogP contribution in [-0.2, 0) is 14.3 Å². The summed E-state index contributed by atoms with van der Waals surface area (Å²) >= 11 is 1.34. The zero-order valence-corrected chi connectivity index (χ0v) is 15.3. The highest BCUT2D eigenvalue weighted by molar-refractivity contribution is 7.13. The highest BCUT2D eigenvalue weighted by Gasteiger charge is 2.26. The lowest BCUT2D eigenvalue weighted by molar-refractivity contribution is -0.136. The Balaban J connectivity index is 2.08. The number of thiazole rings is 1. The maximum absolute atomic E-state index is 13.0. The molecule has 0 bridgehead atoms. The van der Waals surface area contributed by atoms with E-state index in [4.69, 9.17) is 4.74 Å². The van der Waals surface area contributed by atoms with E-state index >= 15 is 0 Å². The second kappa shape index (κ2) is 9.90. The lowest BCUT2D eigenvalue weighted by Crippen LogP contribution is -2.42. The summed E-state index contributed by atoms with van der Waals surface area (Å²) in [5.74, 6) is -0.604. The monoisotopic (exact) mass is 361 g/mol. The van der Waals surface area contributed by atoms with Crippen molar-refractivity contribution in [2.24, 2.45) is 0 Å². The van der Waals surface area contributed by atoms with E-state index in [9.17, 15) is 9.59 Å². The van der Waals surface area contributed by atoms with Crippen molar-refractivity contribution in [3.05, 3.63) is 47.5 Å². The SMILES string of the molecule is CCC(C(=O)N(CCOC)CC(=O)Nc1nccs1)c1ccccc1. The molecule has 0 saturated heterocycles. The van der Waals surface area contributed by atoms with Gasteiger partial charge in [0.05, 0.1) is 12.5 Å². The molecule has 1 atom stereocenters. The first kappa shape index (κ1) is 19.1. The minimum Gasteiger partial charge on any atom is -0.383 e. The van der Waals surface area contributed by atoms with Gasteiger partial charge < -0.3 is 15.0 Å². The summed E-state index contributed by atoms with van der Waals surface area (Å²) < 4.78 is 5.09. The number of amides is 2. The van der Waals surface area contributed by atoms with E-state index in [1.54, 1.807) is 23.6 Å². The first-order valence-electron chi connectivity index (χ1n) is 8.17. The van der Waals surface area contributed by atoms with E-state index in [-0.39, 0.29) is 24.3 Å². The van der Waals surface area contributed by atoms with Crippen LogP contribution in [0.25, 0.3) is 0 Å². The second-order valence-electron chi connectivity index (χ2n) is 5.51. The molecule has 0 fully saturated rings. The fourth-order valence-electron chi connectivity index (χ4n) is 2.54. The third-order valence-corrected chi connectivity index (χ3v) is 4.49. The van der Waals surface area contributed by atoms with Crippen molar-refractivity contribution in [3.63, 3.8) is 0 Å². The fourth-order valence-corrected chi connectivity index (χ4v) is 3.09. The van der Waals surface area contributed by atoms with Gasteiger partial charge in [0, 0.05) is 25.2 Å². The molecule has 6 nitrogen and oxygen atoms in total. The molecule has 0 aliphatic heterocycles. The van der Waals surface area contributed by atoms with Gasteiger partial charge in [-0.05, 0) is 12.0 Å². The van der Waals surface area contributed by atoms with Crippen molar-refractivity contribution in [2.45, 2.75) is 19.3 Å². The molecule has 1 aromatic heterocycles. The summed E-state index contributed by atoms with van der Waals surface area (Å²) in [5, 5.41) is 5.02. The number of ether oxygens (including phenoxy) is 1. The van der Waals surface area contributed by atoms with Crippen LogP contribution in [0.3, 0.4) is 0 Å². The van der Waals surface area contributed by atoms with Gasteiger partial charge in [0.25, 0.3) is 0 Å². The summed E-state index contributed by atoms with van der Waals surface area (Å²) in [6.45, 7) is 2.69. The van der Waals surface area contributed by atoms with Crippen LogP contribution in [0.2, 0.25) is 0 Å². The predicted octanol–water partition coefficient (Wildman–Crippen LogP) is 2.75. The number of hydrogen-bond acceptors (Lipinski definition) is 5. The first-order valence-corrected chi connectivity index (χ1v) is 9.05. The maximum atomic E-state index is 13.0. The van der Waals surface area contributed by atoms with Crippen LogP contribution in [0.4, 0.5) is 5.13 Å². The van der Waals surface area contributed by atoms with E-state index in [1.807, 2.05) is 37.3 Å². The number of carbonyl (C=O) groups excluding carboxylic acids is 2. The second-order valence-corrected chi connectivity index (χ2v) is 6.40. The maximum Gasteiger partial charge on any atom is 0.245 e. The zero-order valence-electron chi connectivity index (χ0n) is 14.5. The quantitative estimate of drug-likeness (QED) is 0.745. The van der Waals surface area contributed by atoms with Gasteiger partial charge in [0.2, 0.25) is 11.8 Å². The number of anilines is 1. The largest absolute Gasteiger partial charge is 0.383 e. The number of nitrogens with zero attached hydrogens (tertiary/aromatic N) is 2. The van der Waals surface area contributed by atoms with Gasteiger partial charge >= 0.3 is 0 Å². The summed E-state index contributed by atoms with van der Waals surface area (Å²) in [4.78, 5) is 30.8. The molecule has 0 saturated carbocycles. The number of rotatable bonds is 9. The van der Waals surface area contributed by atoms with Crippen molar-refractivity contribution in [3.8, 4) is 0 Å². The molecular formula is C18H23N3O3S. The number of hydrogen-bond donors (Lipinski definition) is 1. The van der Waals surface area contributed by atoms with E-state index in [1.165, 1.54) is 11.3 Å². The number of aromatic nitrogens is 1. The third-order valence-electron chi connectivity index (χ3n) is 3.80. The Morgan fingerprint density at radius 2 is 2.08 bits per heavy atom. The minimum absolute atomic E-state index is 0.0227. The molecule has 1 unspecified atom stereocenters. The van der Waals surface area contributed by atoms with Crippen LogP contribution in [0.5, 0.6) is 0 Å². The Bertz CT molecular complexity index is 661. The van der Waals surface area contributed by atoms with Crippen LogP contribution >= 0.6 is 11.3 Å². The zero-order chi connectivity index (χ0) is 18.1. The Hall–Kier alpha value is -2.25. The van der Waals surface area contributed by atoms with Crippen LogP contribution in [0.15, 0.2) is 41.9 Å². The Morgan fingerprint density at radius 1 is 1.32 bits per heavy atom. The lowest BCUT2D eigenvalue weighted by Gasteiger charge is -2.26. The first-order chi connectivity index (χ1) is 12.2. The summed E-state index contributed by atoms with van der Waals surface area (Å²) in [5.41, 5.74) is 0.956. The van der Waals surface area contributed by atoms with Crippen molar-refractivity contribution in [1.29, 1.82) is 0 Å². The molecule has 25 heavy (non-hydrogen) atoms. The molecule has 134 valence electrons. The van der Waals surface area contributed by atoms with Gasteiger partial charge in [-0.2, -0.15) is 0 Å². The van der Waals surface area contributed by atoms with Crippen molar-refractivity contribution in [1.82, 2.24) is 9.88 Å². The van der Waals surface area contributed by atoms with Crippen LogP contribution in [0.1, 0.15) is 24.8 Å². The van der Waals surface area contributed by atoms with Crippen LogP contribution < -0.4 is 5.32 Å².